The first-order chi connectivity index (χ1) is 9.83. The van der Waals surface area contributed by atoms with E-state index in [1.807, 2.05) is 0 Å². The number of piperidine rings is 1. The molecule has 0 saturated carbocycles. The quantitative estimate of drug-likeness (QED) is 0.874. The summed E-state index contributed by atoms with van der Waals surface area (Å²) in [5.74, 6) is -4.79. The van der Waals surface area contributed by atoms with Crippen molar-refractivity contribution in [2.75, 3.05) is 13.1 Å². The van der Waals surface area contributed by atoms with Crippen LogP contribution in [0.2, 0.25) is 0 Å². The first kappa shape index (κ1) is 15.8. The Hall–Kier alpha value is -1.58. The van der Waals surface area contributed by atoms with E-state index in [1.54, 1.807) is 0 Å². The van der Waals surface area contributed by atoms with Crippen LogP contribution in [-0.2, 0) is 10.0 Å². The van der Waals surface area contributed by atoms with Crippen LogP contribution in [0.15, 0.2) is 17.0 Å². The number of carboxylic acids is 1. The van der Waals surface area contributed by atoms with E-state index in [4.69, 9.17) is 5.11 Å². The van der Waals surface area contributed by atoms with Crippen LogP contribution in [0.3, 0.4) is 0 Å². The Morgan fingerprint density at radius 2 is 1.81 bits per heavy atom. The second-order valence-electron chi connectivity index (χ2n) is 4.68. The number of rotatable bonds is 4. The maximum atomic E-state index is 14.0. The van der Waals surface area contributed by atoms with Crippen molar-refractivity contribution in [3.05, 3.63) is 29.3 Å². The SMILES string of the molecule is O=C(O)c1c(F)ccc(S(=O)(=O)NN2CCCCC2)c1F. The summed E-state index contributed by atoms with van der Waals surface area (Å²) in [5.41, 5.74) is -1.28. The molecule has 1 aliphatic rings. The number of hydrazine groups is 1. The number of sulfonamides is 1. The number of hydrogen-bond acceptors (Lipinski definition) is 4. The van der Waals surface area contributed by atoms with E-state index < -0.39 is 38.1 Å². The van der Waals surface area contributed by atoms with E-state index in [9.17, 15) is 22.0 Å². The standard InChI is InChI=1S/C12H14F2N2O4S/c13-8-4-5-9(11(14)10(8)12(17)18)21(19,20)15-16-6-2-1-3-7-16/h4-5,15H,1-3,6-7H2,(H,17,18). The van der Waals surface area contributed by atoms with E-state index >= 15 is 0 Å². The molecule has 1 fully saturated rings. The van der Waals surface area contributed by atoms with Crippen molar-refractivity contribution in [3.8, 4) is 0 Å². The summed E-state index contributed by atoms with van der Waals surface area (Å²) in [5, 5.41) is 10.2. The Bertz CT molecular complexity index is 657. The summed E-state index contributed by atoms with van der Waals surface area (Å²) < 4.78 is 51.5. The van der Waals surface area contributed by atoms with Crippen LogP contribution < -0.4 is 4.83 Å². The van der Waals surface area contributed by atoms with Crippen LogP contribution >= 0.6 is 0 Å². The molecule has 2 rings (SSSR count). The van der Waals surface area contributed by atoms with Crippen molar-refractivity contribution in [2.45, 2.75) is 24.2 Å². The zero-order valence-corrected chi connectivity index (χ0v) is 11.8. The average Bonchev–Trinajstić information content (AvgIpc) is 2.38. The zero-order chi connectivity index (χ0) is 15.6. The van der Waals surface area contributed by atoms with E-state index in [1.165, 1.54) is 5.01 Å². The predicted octanol–water partition coefficient (Wildman–Crippen LogP) is 1.34. The molecule has 1 saturated heterocycles. The zero-order valence-electron chi connectivity index (χ0n) is 11.0. The number of halogens is 2. The van der Waals surface area contributed by atoms with Crippen molar-refractivity contribution < 1.29 is 27.1 Å². The van der Waals surface area contributed by atoms with Crippen molar-refractivity contribution in [3.63, 3.8) is 0 Å². The average molecular weight is 320 g/mol. The minimum absolute atomic E-state index is 0.480. The lowest BCUT2D eigenvalue weighted by Gasteiger charge is -2.26. The second-order valence-corrected chi connectivity index (χ2v) is 6.31. The van der Waals surface area contributed by atoms with Crippen molar-refractivity contribution >= 4 is 16.0 Å². The van der Waals surface area contributed by atoms with Gasteiger partial charge in [-0.1, -0.05) is 6.42 Å². The molecule has 21 heavy (non-hydrogen) atoms. The molecule has 0 radical (unpaired) electrons. The van der Waals surface area contributed by atoms with Crippen LogP contribution in [0, 0.1) is 11.6 Å². The fourth-order valence-corrected chi connectivity index (χ4v) is 3.35. The molecule has 0 bridgehead atoms. The molecule has 1 heterocycles. The highest BCUT2D eigenvalue weighted by Gasteiger charge is 2.28. The van der Waals surface area contributed by atoms with E-state index in [-0.39, 0.29) is 0 Å². The first-order valence-electron chi connectivity index (χ1n) is 6.31. The summed E-state index contributed by atoms with van der Waals surface area (Å²) in [6, 6.07) is 1.33. The molecule has 0 atom stereocenters. The van der Waals surface area contributed by atoms with Crippen molar-refractivity contribution in [1.29, 1.82) is 0 Å². The molecule has 116 valence electrons. The molecule has 0 aliphatic carbocycles. The minimum Gasteiger partial charge on any atom is -0.477 e. The Kier molecular flexibility index (Phi) is 4.55. The van der Waals surface area contributed by atoms with Gasteiger partial charge >= 0.3 is 5.97 Å². The molecule has 1 aromatic carbocycles. The summed E-state index contributed by atoms with van der Waals surface area (Å²) >= 11 is 0. The van der Waals surface area contributed by atoms with Gasteiger partial charge < -0.3 is 5.11 Å². The molecule has 6 nitrogen and oxygen atoms in total. The number of benzene rings is 1. The summed E-state index contributed by atoms with van der Waals surface area (Å²) in [4.78, 5) is 12.1. The van der Waals surface area contributed by atoms with Gasteiger partial charge in [-0.05, 0) is 25.0 Å². The highest BCUT2D eigenvalue weighted by atomic mass is 32.2. The lowest BCUT2D eigenvalue weighted by Crippen LogP contribution is -2.45. The van der Waals surface area contributed by atoms with E-state index in [2.05, 4.69) is 4.83 Å². The summed E-state index contributed by atoms with van der Waals surface area (Å²) in [7, 11) is -4.29. The van der Waals surface area contributed by atoms with Crippen LogP contribution in [0.4, 0.5) is 8.78 Å². The number of nitrogens with one attached hydrogen (secondary N) is 1. The molecule has 1 aromatic rings. The van der Waals surface area contributed by atoms with Gasteiger partial charge in [0.05, 0.1) is 0 Å². The van der Waals surface area contributed by atoms with Crippen LogP contribution in [0.25, 0.3) is 0 Å². The fourth-order valence-electron chi connectivity index (χ4n) is 2.14. The third kappa shape index (κ3) is 3.36. The Balaban J connectivity index is 2.36. The first-order valence-corrected chi connectivity index (χ1v) is 7.80. The molecule has 9 heteroatoms. The van der Waals surface area contributed by atoms with Gasteiger partial charge in [-0.15, -0.1) is 4.83 Å². The van der Waals surface area contributed by atoms with Crippen molar-refractivity contribution in [1.82, 2.24) is 9.84 Å². The van der Waals surface area contributed by atoms with Gasteiger partial charge in [-0.3, -0.25) is 0 Å². The van der Waals surface area contributed by atoms with Crippen LogP contribution in [0.1, 0.15) is 29.6 Å². The highest BCUT2D eigenvalue weighted by molar-refractivity contribution is 7.89. The van der Waals surface area contributed by atoms with Crippen molar-refractivity contribution in [2.24, 2.45) is 0 Å². The third-order valence-electron chi connectivity index (χ3n) is 3.16. The van der Waals surface area contributed by atoms with Crippen LogP contribution in [0.5, 0.6) is 0 Å². The Labute approximate surface area is 120 Å². The van der Waals surface area contributed by atoms with Gasteiger partial charge in [-0.25, -0.2) is 27.0 Å². The molecular formula is C12H14F2N2O4S. The monoisotopic (exact) mass is 320 g/mol. The maximum absolute atomic E-state index is 14.0. The molecular weight excluding hydrogens is 306 g/mol. The molecule has 1 aliphatic heterocycles. The van der Waals surface area contributed by atoms with Gasteiger partial charge in [-0.2, -0.15) is 0 Å². The predicted molar refractivity (Wildman–Crippen MR) is 69.1 cm³/mol. The number of nitrogens with zero attached hydrogens (tertiary/aromatic N) is 1. The Morgan fingerprint density at radius 1 is 1.19 bits per heavy atom. The largest absolute Gasteiger partial charge is 0.477 e. The highest BCUT2D eigenvalue weighted by Crippen LogP contribution is 2.21. The summed E-state index contributed by atoms with van der Waals surface area (Å²) in [6.45, 7) is 0.960. The summed E-state index contributed by atoms with van der Waals surface area (Å²) in [6.07, 6.45) is 2.58. The van der Waals surface area contributed by atoms with Gasteiger partial charge in [0.2, 0.25) is 0 Å². The topological polar surface area (TPSA) is 86.7 Å². The second kappa shape index (κ2) is 6.04. The van der Waals surface area contributed by atoms with Gasteiger partial charge in [0.25, 0.3) is 10.0 Å². The van der Waals surface area contributed by atoms with Gasteiger partial charge in [0.15, 0.2) is 5.82 Å². The number of carbonyl (C=O) groups is 1. The normalized spacial score (nSPS) is 16.9. The lowest BCUT2D eigenvalue weighted by molar-refractivity contribution is 0.0685. The fraction of sp³-hybridized carbons (Fsp3) is 0.417. The smallest absolute Gasteiger partial charge is 0.341 e. The number of carboxylic acid groups (broad SMARTS) is 1. The number of hydrogen-bond donors (Lipinski definition) is 2. The number of aromatic carboxylic acids is 1. The minimum atomic E-state index is -4.29. The van der Waals surface area contributed by atoms with Gasteiger partial charge in [0, 0.05) is 13.1 Å². The maximum Gasteiger partial charge on any atom is 0.341 e. The molecule has 0 spiro atoms. The van der Waals surface area contributed by atoms with Crippen LogP contribution in [-0.4, -0.2) is 37.6 Å². The van der Waals surface area contributed by atoms with E-state index in [0.717, 1.165) is 19.3 Å². The third-order valence-corrected chi connectivity index (χ3v) is 4.56. The molecule has 0 amide bonds. The van der Waals surface area contributed by atoms with Gasteiger partial charge in [0.1, 0.15) is 16.3 Å². The Morgan fingerprint density at radius 3 is 2.38 bits per heavy atom. The molecule has 0 unspecified atom stereocenters. The molecule has 0 aromatic heterocycles. The molecule has 2 N–H and O–H groups in total. The lowest BCUT2D eigenvalue weighted by atomic mass is 10.2. The van der Waals surface area contributed by atoms with E-state index in [0.29, 0.717) is 25.2 Å².